The van der Waals surface area contributed by atoms with Gasteiger partial charge < -0.3 is 9.47 Å². The Morgan fingerprint density at radius 3 is 1.37 bits per heavy atom. The summed E-state index contributed by atoms with van der Waals surface area (Å²) in [6.07, 6.45) is 22.0. The number of esters is 2. The van der Waals surface area contributed by atoms with Crippen LogP contribution in [0, 0.1) is 11.3 Å². The SMILES string of the molecule is C=CC1CC1(C(=O)Oc1ccc(CCCCCCCCC)cc1)C(=O)Oc1ccc(CCCCCCCCC)cc1. The third-order valence-electron chi connectivity index (χ3n) is 8.43. The number of carbonyl (C=O) groups is 2. The second-order valence-corrected chi connectivity index (χ2v) is 11.8. The highest BCUT2D eigenvalue weighted by Gasteiger charge is 2.67. The van der Waals surface area contributed by atoms with E-state index in [1.165, 1.54) is 101 Å². The fourth-order valence-corrected chi connectivity index (χ4v) is 5.54. The number of unbranched alkanes of at least 4 members (excludes halogenated alkanes) is 12. The summed E-state index contributed by atoms with van der Waals surface area (Å²) in [4.78, 5) is 26.4. The lowest BCUT2D eigenvalue weighted by Gasteiger charge is -2.15. The zero-order chi connectivity index (χ0) is 29.3. The maximum Gasteiger partial charge on any atom is 0.329 e. The molecule has 0 aliphatic heterocycles. The van der Waals surface area contributed by atoms with Crippen LogP contribution in [0.4, 0.5) is 0 Å². The van der Waals surface area contributed by atoms with Crippen molar-refractivity contribution in [2.75, 3.05) is 0 Å². The summed E-state index contributed by atoms with van der Waals surface area (Å²) in [7, 11) is 0. The van der Waals surface area contributed by atoms with Gasteiger partial charge in [0.05, 0.1) is 0 Å². The third kappa shape index (κ3) is 10.5. The first-order valence-corrected chi connectivity index (χ1v) is 16.3. The van der Waals surface area contributed by atoms with E-state index in [2.05, 4.69) is 20.4 Å². The molecule has 0 aromatic heterocycles. The van der Waals surface area contributed by atoms with Gasteiger partial charge in [-0.3, -0.25) is 9.59 Å². The summed E-state index contributed by atoms with van der Waals surface area (Å²) < 4.78 is 11.4. The van der Waals surface area contributed by atoms with Crippen molar-refractivity contribution in [1.82, 2.24) is 0 Å². The van der Waals surface area contributed by atoms with Gasteiger partial charge in [-0.2, -0.15) is 0 Å². The lowest BCUT2D eigenvalue weighted by molar-refractivity contribution is -0.154. The molecule has 0 spiro atoms. The number of aryl methyl sites for hydroxylation is 2. The standard InChI is InChI=1S/C37H52O4/c1-4-7-9-11-13-15-17-19-30-21-25-33(26-22-30)40-35(38)37(29-32(37)6-3)36(39)41-34-27-23-31(24-28-34)20-18-16-14-12-10-8-5-2/h6,21-28,32H,3-5,7-20,29H2,1-2H3. The molecule has 2 aromatic carbocycles. The van der Waals surface area contributed by atoms with Gasteiger partial charge in [-0.15, -0.1) is 6.58 Å². The van der Waals surface area contributed by atoms with E-state index in [1.807, 2.05) is 48.5 Å². The topological polar surface area (TPSA) is 52.6 Å². The maximum atomic E-state index is 13.2. The molecule has 0 radical (unpaired) electrons. The van der Waals surface area contributed by atoms with Crippen LogP contribution in [0.2, 0.25) is 0 Å². The van der Waals surface area contributed by atoms with Crippen molar-refractivity contribution in [3.05, 3.63) is 72.3 Å². The van der Waals surface area contributed by atoms with Gasteiger partial charge >= 0.3 is 11.9 Å². The van der Waals surface area contributed by atoms with E-state index < -0.39 is 17.4 Å². The Morgan fingerprint density at radius 1 is 0.659 bits per heavy atom. The first kappa shape index (κ1) is 32.6. The highest BCUT2D eigenvalue weighted by Crippen LogP contribution is 2.55. The molecule has 0 heterocycles. The minimum atomic E-state index is -1.32. The maximum absolute atomic E-state index is 13.2. The molecule has 1 aliphatic rings. The summed E-state index contributed by atoms with van der Waals surface area (Å²) in [5, 5.41) is 0. The molecule has 1 fully saturated rings. The van der Waals surface area contributed by atoms with Crippen molar-refractivity contribution in [2.45, 2.75) is 123 Å². The van der Waals surface area contributed by atoms with Crippen LogP contribution < -0.4 is 9.47 Å². The summed E-state index contributed by atoms with van der Waals surface area (Å²) >= 11 is 0. The Morgan fingerprint density at radius 2 is 1.02 bits per heavy atom. The number of ether oxygens (including phenoxy) is 2. The fourth-order valence-electron chi connectivity index (χ4n) is 5.54. The first-order valence-electron chi connectivity index (χ1n) is 16.3. The minimum Gasteiger partial charge on any atom is -0.426 e. The van der Waals surface area contributed by atoms with Gasteiger partial charge in [0, 0.05) is 5.92 Å². The van der Waals surface area contributed by atoms with Gasteiger partial charge in [0.25, 0.3) is 0 Å². The van der Waals surface area contributed by atoms with Crippen molar-refractivity contribution in [3.63, 3.8) is 0 Å². The first-order chi connectivity index (χ1) is 20.0. The molecule has 4 nitrogen and oxygen atoms in total. The Hall–Kier alpha value is -2.88. The molecule has 0 bridgehead atoms. The van der Waals surface area contributed by atoms with E-state index in [4.69, 9.17) is 9.47 Å². The molecule has 41 heavy (non-hydrogen) atoms. The Kier molecular flexibility index (Phi) is 14.2. The molecule has 3 rings (SSSR count). The number of allylic oxidation sites excluding steroid dienone is 1. The van der Waals surface area contributed by atoms with E-state index in [-0.39, 0.29) is 5.92 Å². The van der Waals surface area contributed by atoms with Crippen LogP contribution in [0.25, 0.3) is 0 Å². The van der Waals surface area contributed by atoms with Gasteiger partial charge in [-0.25, -0.2) is 0 Å². The molecule has 224 valence electrons. The van der Waals surface area contributed by atoms with Crippen molar-refractivity contribution in [3.8, 4) is 11.5 Å². The van der Waals surface area contributed by atoms with Crippen LogP contribution in [-0.2, 0) is 22.4 Å². The highest BCUT2D eigenvalue weighted by molar-refractivity contribution is 6.05. The average Bonchev–Trinajstić information content (AvgIpc) is 3.74. The molecule has 4 heteroatoms. The van der Waals surface area contributed by atoms with Crippen LogP contribution >= 0.6 is 0 Å². The smallest absolute Gasteiger partial charge is 0.329 e. The molecule has 1 atom stereocenters. The highest BCUT2D eigenvalue weighted by atomic mass is 16.6. The molecule has 0 saturated heterocycles. The summed E-state index contributed by atoms with van der Waals surface area (Å²) in [5.74, 6) is -0.508. The summed E-state index contributed by atoms with van der Waals surface area (Å²) in [6.45, 7) is 8.30. The lowest BCUT2D eigenvalue weighted by Crippen LogP contribution is -2.35. The number of benzene rings is 2. The van der Waals surface area contributed by atoms with E-state index in [9.17, 15) is 9.59 Å². The molecular formula is C37H52O4. The molecule has 2 aromatic rings. The van der Waals surface area contributed by atoms with Crippen LogP contribution in [0.3, 0.4) is 0 Å². The normalized spacial score (nSPS) is 15.3. The van der Waals surface area contributed by atoms with E-state index in [1.54, 1.807) is 6.08 Å². The lowest BCUT2D eigenvalue weighted by atomic mass is 10.0. The van der Waals surface area contributed by atoms with Crippen LogP contribution in [0.15, 0.2) is 61.2 Å². The summed E-state index contributed by atoms with van der Waals surface area (Å²) in [5.41, 5.74) is 1.14. The zero-order valence-corrected chi connectivity index (χ0v) is 25.6. The molecule has 1 aliphatic carbocycles. The van der Waals surface area contributed by atoms with Gasteiger partial charge in [0.1, 0.15) is 11.5 Å². The van der Waals surface area contributed by atoms with Crippen LogP contribution in [0.1, 0.15) is 121 Å². The fraction of sp³-hybridized carbons (Fsp3) is 0.568. The summed E-state index contributed by atoms with van der Waals surface area (Å²) in [6, 6.07) is 15.3. The number of hydrogen-bond donors (Lipinski definition) is 0. The van der Waals surface area contributed by atoms with Gasteiger partial charge in [-0.1, -0.05) is 121 Å². The quantitative estimate of drug-likeness (QED) is 0.0501. The van der Waals surface area contributed by atoms with Crippen molar-refractivity contribution < 1.29 is 19.1 Å². The number of hydrogen-bond acceptors (Lipinski definition) is 4. The molecular weight excluding hydrogens is 508 g/mol. The zero-order valence-electron chi connectivity index (χ0n) is 25.6. The van der Waals surface area contributed by atoms with Gasteiger partial charge in [-0.05, 0) is 67.5 Å². The van der Waals surface area contributed by atoms with Crippen molar-refractivity contribution >= 4 is 11.9 Å². The van der Waals surface area contributed by atoms with Crippen molar-refractivity contribution in [1.29, 1.82) is 0 Å². The average molecular weight is 561 g/mol. The van der Waals surface area contributed by atoms with Crippen molar-refractivity contribution in [2.24, 2.45) is 11.3 Å². The molecule has 0 amide bonds. The Labute approximate surface area is 248 Å². The monoisotopic (exact) mass is 560 g/mol. The Balaban J connectivity index is 1.45. The minimum absolute atomic E-state index is 0.282. The molecule has 1 saturated carbocycles. The van der Waals surface area contributed by atoms with Crippen LogP contribution in [-0.4, -0.2) is 11.9 Å². The predicted octanol–water partition coefficient (Wildman–Crippen LogP) is 9.98. The number of rotatable bonds is 21. The molecule has 0 N–H and O–H groups in total. The predicted molar refractivity (Wildman–Crippen MR) is 168 cm³/mol. The van der Waals surface area contributed by atoms with E-state index in [0.717, 1.165) is 12.8 Å². The Bertz CT molecular complexity index is 978. The van der Waals surface area contributed by atoms with Gasteiger partial charge in [0.15, 0.2) is 5.41 Å². The van der Waals surface area contributed by atoms with Crippen LogP contribution in [0.5, 0.6) is 11.5 Å². The second-order valence-electron chi connectivity index (χ2n) is 11.8. The number of carbonyl (C=O) groups excluding carboxylic acids is 2. The molecule has 1 unspecified atom stereocenters. The van der Waals surface area contributed by atoms with E-state index in [0.29, 0.717) is 17.9 Å². The van der Waals surface area contributed by atoms with E-state index >= 15 is 0 Å². The largest absolute Gasteiger partial charge is 0.426 e. The second kappa shape index (κ2) is 17.8. The van der Waals surface area contributed by atoms with Gasteiger partial charge in [0.2, 0.25) is 0 Å². The third-order valence-corrected chi connectivity index (χ3v) is 8.43.